The quantitative estimate of drug-likeness (QED) is 0.771. The number of nitrogens with zero attached hydrogens (tertiary/aromatic N) is 1. The van der Waals surface area contributed by atoms with Crippen molar-refractivity contribution in [3.63, 3.8) is 0 Å². The van der Waals surface area contributed by atoms with E-state index in [1.165, 1.54) is 12.1 Å². The molecule has 3 rings (SSSR count). The number of oxazole rings is 1. The highest BCUT2D eigenvalue weighted by Crippen LogP contribution is 2.29. The Bertz CT molecular complexity index is 899. The van der Waals surface area contributed by atoms with E-state index in [2.05, 4.69) is 10.3 Å². The van der Waals surface area contributed by atoms with E-state index < -0.39 is 17.6 Å². The van der Waals surface area contributed by atoms with E-state index in [9.17, 15) is 18.0 Å². The van der Waals surface area contributed by atoms with Crippen LogP contribution in [0, 0.1) is 6.92 Å². The largest absolute Gasteiger partial charge is 0.441 e. The zero-order chi connectivity index (χ0) is 18.0. The second kappa shape index (κ2) is 6.58. The van der Waals surface area contributed by atoms with Gasteiger partial charge in [0, 0.05) is 19.0 Å². The molecule has 0 aliphatic rings. The van der Waals surface area contributed by atoms with Crippen LogP contribution in [0.15, 0.2) is 46.9 Å². The van der Waals surface area contributed by atoms with Crippen molar-refractivity contribution in [3.8, 4) is 0 Å². The number of amides is 1. The van der Waals surface area contributed by atoms with Crippen LogP contribution in [0.1, 0.15) is 27.4 Å². The molecule has 7 heteroatoms. The van der Waals surface area contributed by atoms with Crippen LogP contribution in [0.25, 0.3) is 11.1 Å². The molecule has 1 heterocycles. The molecule has 0 unspecified atom stereocenters. The third kappa shape index (κ3) is 3.99. The fourth-order valence-corrected chi connectivity index (χ4v) is 2.48. The van der Waals surface area contributed by atoms with Crippen LogP contribution in [-0.4, -0.2) is 17.4 Å². The van der Waals surface area contributed by atoms with Gasteiger partial charge in [0.1, 0.15) is 5.52 Å². The van der Waals surface area contributed by atoms with Gasteiger partial charge in [-0.05, 0) is 48.4 Å². The summed E-state index contributed by atoms with van der Waals surface area (Å²) in [5, 5.41) is 2.69. The van der Waals surface area contributed by atoms with Gasteiger partial charge in [-0.1, -0.05) is 6.07 Å². The maximum absolute atomic E-state index is 12.5. The molecule has 4 nitrogen and oxygen atoms in total. The number of fused-ring (bicyclic) bond motifs is 1. The van der Waals surface area contributed by atoms with E-state index in [0.29, 0.717) is 24.4 Å². The van der Waals surface area contributed by atoms with Gasteiger partial charge >= 0.3 is 6.18 Å². The lowest BCUT2D eigenvalue weighted by molar-refractivity contribution is -0.137. The number of alkyl halides is 3. The minimum atomic E-state index is -4.41. The van der Waals surface area contributed by atoms with Gasteiger partial charge in [0.2, 0.25) is 0 Å². The maximum Gasteiger partial charge on any atom is 0.416 e. The van der Waals surface area contributed by atoms with Gasteiger partial charge in [-0.2, -0.15) is 13.2 Å². The van der Waals surface area contributed by atoms with Gasteiger partial charge in [-0.3, -0.25) is 4.79 Å². The highest BCUT2D eigenvalue weighted by molar-refractivity contribution is 5.94. The monoisotopic (exact) mass is 348 g/mol. The topological polar surface area (TPSA) is 55.1 Å². The molecule has 0 atom stereocenters. The molecule has 1 aromatic heterocycles. The molecule has 130 valence electrons. The van der Waals surface area contributed by atoms with Gasteiger partial charge in [0.15, 0.2) is 11.5 Å². The second-order valence-electron chi connectivity index (χ2n) is 5.62. The number of carbonyl (C=O) groups excluding carboxylic acids is 1. The average molecular weight is 348 g/mol. The van der Waals surface area contributed by atoms with Crippen LogP contribution < -0.4 is 5.32 Å². The molecule has 3 aromatic rings. The molecular formula is C18H15F3N2O2. The fraction of sp³-hybridized carbons (Fsp3) is 0.222. The molecule has 25 heavy (non-hydrogen) atoms. The van der Waals surface area contributed by atoms with Crippen molar-refractivity contribution in [3.05, 3.63) is 65.0 Å². The lowest BCUT2D eigenvalue weighted by Gasteiger charge is -2.08. The van der Waals surface area contributed by atoms with Crippen molar-refractivity contribution < 1.29 is 22.4 Å². The Kier molecular flexibility index (Phi) is 4.48. The van der Waals surface area contributed by atoms with E-state index in [1.54, 1.807) is 6.92 Å². The minimum Gasteiger partial charge on any atom is -0.441 e. The van der Waals surface area contributed by atoms with Gasteiger partial charge in [0.05, 0.1) is 5.56 Å². The van der Waals surface area contributed by atoms with Crippen LogP contribution in [0.4, 0.5) is 13.2 Å². The predicted octanol–water partition coefficient (Wildman–Crippen LogP) is 4.13. The molecule has 2 aromatic carbocycles. The fourth-order valence-electron chi connectivity index (χ4n) is 2.48. The molecule has 1 amide bonds. The third-order valence-electron chi connectivity index (χ3n) is 3.73. The predicted molar refractivity (Wildman–Crippen MR) is 86.2 cm³/mol. The summed E-state index contributed by atoms with van der Waals surface area (Å²) in [6.45, 7) is 2.13. The maximum atomic E-state index is 12.5. The van der Waals surface area contributed by atoms with Crippen molar-refractivity contribution >= 4 is 17.0 Å². The van der Waals surface area contributed by atoms with Crippen LogP contribution in [0.3, 0.4) is 0 Å². The van der Waals surface area contributed by atoms with E-state index in [-0.39, 0.29) is 5.56 Å². The summed E-state index contributed by atoms with van der Waals surface area (Å²) in [5.41, 5.74) is 1.85. The van der Waals surface area contributed by atoms with Crippen molar-refractivity contribution in [1.29, 1.82) is 0 Å². The number of rotatable bonds is 4. The number of carbonyl (C=O) groups is 1. The lowest BCUT2D eigenvalue weighted by atomic mass is 10.1. The van der Waals surface area contributed by atoms with Gasteiger partial charge in [-0.25, -0.2) is 4.98 Å². The van der Waals surface area contributed by atoms with E-state index in [0.717, 1.165) is 23.2 Å². The second-order valence-corrected chi connectivity index (χ2v) is 5.62. The van der Waals surface area contributed by atoms with Crippen molar-refractivity contribution in [2.24, 2.45) is 0 Å². The van der Waals surface area contributed by atoms with Crippen LogP contribution in [-0.2, 0) is 12.6 Å². The highest BCUT2D eigenvalue weighted by Gasteiger charge is 2.30. The summed E-state index contributed by atoms with van der Waals surface area (Å²) in [6.07, 6.45) is -3.83. The Morgan fingerprint density at radius 3 is 2.56 bits per heavy atom. The van der Waals surface area contributed by atoms with Crippen molar-refractivity contribution in [2.75, 3.05) is 6.54 Å². The number of nitrogens with one attached hydrogen (secondary N) is 1. The molecule has 0 aliphatic carbocycles. The zero-order valence-electron chi connectivity index (χ0n) is 13.4. The summed E-state index contributed by atoms with van der Waals surface area (Å²) in [6, 6.07) is 9.73. The van der Waals surface area contributed by atoms with E-state index in [4.69, 9.17) is 4.42 Å². The Morgan fingerprint density at radius 2 is 1.88 bits per heavy atom. The Labute approximate surface area is 141 Å². The van der Waals surface area contributed by atoms with Crippen molar-refractivity contribution in [1.82, 2.24) is 10.3 Å². The molecule has 0 aliphatic heterocycles. The average Bonchev–Trinajstić information content (AvgIpc) is 2.93. The Hall–Kier alpha value is -2.83. The van der Waals surface area contributed by atoms with Gasteiger partial charge in [-0.15, -0.1) is 0 Å². The molecule has 0 spiro atoms. The number of aryl methyl sites for hydroxylation is 1. The van der Waals surface area contributed by atoms with Gasteiger partial charge < -0.3 is 9.73 Å². The molecule has 1 N–H and O–H groups in total. The smallest absolute Gasteiger partial charge is 0.416 e. The third-order valence-corrected chi connectivity index (χ3v) is 3.73. The first kappa shape index (κ1) is 17.0. The summed E-state index contributed by atoms with van der Waals surface area (Å²) in [7, 11) is 0. The first-order chi connectivity index (χ1) is 11.8. The van der Waals surface area contributed by atoms with E-state index in [1.807, 2.05) is 18.2 Å². The van der Waals surface area contributed by atoms with Crippen molar-refractivity contribution in [2.45, 2.75) is 19.5 Å². The Balaban J connectivity index is 1.58. The summed E-state index contributed by atoms with van der Waals surface area (Å²) < 4.78 is 42.9. The van der Waals surface area contributed by atoms with E-state index >= 15 is 0 Å². The molecule has 0 radical (unpaired) electrons. The SMILES string of the molecule is Cc1nc2cc(CCNC(=O)c3ccc(C(F)(F)F)cc3)ccc2o1. The molecule has 0 fully saturated rings. The molecule has 0 saturated heterocycles. The number of aromatic nitrogens is 1. The molecule has 0 bridgehead atoms. The van der Waals surface area contributed by atoms with Crippen LogP contribution in [0.2, 0.25) is 0 Å². The summed E-state index contributed by atoms with van der Waals surface area (Å²) >= 11 is 0. The normalized spacial score (nSPS) is 11.7. The number of hydrogen-bond acceptors (Lipinski definition) is 3. The van der Waals surface area contributed by atoms with Gasteiger partial charge in [0.25, 0.3) is 5.91 Å². The number of benzene rings is 2. The summed E-state index contributed by atoms with van der Waals surface area (Å²) in [4.78, 5) is 16.2. The molecule has 0 saturated carbocycles. The van der Waals surface area contributed by atoms with Crippen LogP contribution >= 0.6 is 0 Å². The number of hydrogen-bond donors (Lipinski definition) is 1. The van der Waals surface area contributed by atoms with Crippen LogP contribution in [0.5, 0.6) is 0 Å². The minimum absolute atomic E-state index is 0.190. The first-order valence-electron chi connectivity index (χ1n) is 7.64. The molecular weight excluding hydrogens is 333 g/mol. The first-order valence-corrected chi connectivity index (χ1v) is 7.64. The standard InChI is InChI=1S/C18H15F3N2O2/c1-11-23-15-10-12(2-7-16(15)25-11)8-9-22-17(24)13-3-5-14(6-4-13)18(19,20)21/h2-7,10H,8-9H2,1H3,(H,22,24). The Morgan fingerprint density at radius 1 is 1.16 bits per heavy atom. The lowest BCUT2D eigenvalue weighted by Crippen LogP contribution is -2.25. The number of halogens is 3. The summed E-state index contributed by atoms with van der Waals surface area (Å²) in [5.74, 6) is 0.176. The highest BCUT2D eigenvalue weighted by atomic mass is 19.4. The zero-order valence-corrected chi connectivity index (χ0v) is 13.4.